The van der Waals surface area contributed by atoms with Crippen LogP contribution in [0.2, 0.25) is 0 Å². The molecule has 6 nitrogen and oxygen atoms in total. The lowest BCUT2D eigenvalue weighted by Gasteiger charge is -2.11. The molecule has 110 valence electrons. The third-order valence-electron chi connectivity index (χ3n) is 2.73. The van der Waals surface area contributed by atoms with Crippen molar-refractivity contribution in [3.05, 3.63) is 42.0 Å². The number of carbonyl (C=O) groups excluding carboxylic acids is 1. The van der Waals surface area contributed by atoms with Crippen LogP contribution >= 0.6 is 0 Å². The number of hydrogen-bond acceptors (Lipinski definition) is 5. The average Bonchev–Trinajstić information content (AvgIpc) is 2.49. The van der Waals surface area contributed by atoms with Gasteiger partial charge < -0.3 is 14.8 Å². The van der Waals surface area contributed by atoms with E-state index in [4.69, 9.17) is 9.47 Å². The van der Waals surface area contributed by atoms with Crippen LogP contribution in [0, 0.1) is 6.92 Å². The Hall–Kier alpha value is -2.63. The van der Waals surface area contributed by atoms with Crippen molar-refractivity contribution in [2.75, 3.05) is 19.0 Å². The number of methoxy groups -OCH3 is 1. The van der Waals surface area contributed by atoms with Gasteiger partial charge in [0.2, 0.25) is 0 Å². The number of anilines is 1. The van der Waals surface area contributed by atoms with Crippen molar-refractivity contribution in [3.8, 4) is 11.5 Å². The van der Waals surface area contributed by atoms with E-state index in [0.29, 0.717) is 23.8 Å². The van der Waals surface area contributed by atoms with Gasteiger partial charge in [0.15, 0.2) is 11.5 Å². The molecule has 0 bridgehead atoms. The number of carbonyl (C=O) groups is 1. The van der Waals surface area contributed by atoms with E-state index < -0.39 is 0 Å². The summed E-state index contributed by atoms with van der Waals surface area (Å²) in [5, 5.41) is 2.74. The number of benzene rings is 1. The zero-order valence-electron chi connectivity index (χ0n) is 12.2. The molecule has 1 N–H and O–H groups in total. The number of aryl methyl sites for hydroxylation is 1. The first-order valence-electron chi connectivity index (χ1n) is 6.55. The van der Waals surface area contributed by atoms with Gasteiger partial charge >= 0.3 is 0 Å². The molecule has 21 heavy (non-hydrogen) atoms. The zero-order valence-corrected chi connectivity index (χ0v) is 12.2. The molecule has 2 aromatic rings. The first kappa shape index (κ1) is 14.8. The number of ether oxygens (including phenoxy) is 2. The molecule has 0 aliphatic rings. The smallest absolute Gasteiger partial charge is 0.275 e. The van der Waals surface area contributed by atoms with Crippen molar-refractivity contribution >= 4 is 11.6 Å². The van der Waals surface area contributed by atoms with Gasteiger partial charge in [0.25, 0.3) is 5.91 Å². The van der Waals surface area contributed by atoms with Crippen molar-refractivity contribution in [2.45, 2.75) is 13.8 Å². The first-order valence-corrected chi connectivity index (χ1v) is 6.55. The van der Waals surface area contributed by atoms with Crippen LogP contribution < -0.4 is 14.8 Å². The highest BCUT2D eigenvalue weighted by molar-refractivity contribution is 6.02. The minimum Gasteiger partial charge on any atom is -0.493 e. The van der Waals surface area contributed by atoms with Gasteiger partial charge in [-0.2, -0.15) is 0 Å². The summed E-state index contributed by atoms with van der Waals surface area (Å²) in [6.45, 7) is 4.25. The fraction of sp³-hybridized carbons (Fsp3) is 0.267. The Morgan fingerprint density at radius 2 is 2.05 bits per heavy atom. The van der Waals surface area contributed by atoms with Crippen molar-refractivity contribution in [2.24, 2.45) is 0 Å². The predicted molar refractivity (Wildman–Crippen MR) is 78.9 cm³/mol. The second kappa shape index (κ2) is 6.69. The second-order valence-electron chi connectivity index (χ2n) is 4.30. The summed E-state index contributed by atoms with van der Waals surface area (Å²) in [6.07, 6.45) is 2.99. The monoisotopic (exact) mass is 287 g/mol. The van der Waals surface area contributed by atoms with Gasteiger partial charge in [-0.3, -0.25) is 9.78 Å². The molecule has 0 aliphatic carbocycles. The largest absolute Gasteiger partial charge is 0.493 e. The maximum atomic E-state index is 12.0. The summed E-state index contributed by atoms with van der Waals surface area (Å²) in [5.74, 6) is 0.867. The molecule has 0 unspecified atom stereocenters. The molecule has 1 aromatic carbocycles. The maximum absolute atomic E-state index is 12.0. The topological polar surface area (TPSA) is 73.3 Å². The van der Waals surface area contributed by atoms with E-state index in [1.165, 1.54) is 6.20 Å². The van der Waals surface area contributed by atoms with E-state index in [2.05, 4.69) is 15.3 Å². The zero-order chi connectivity index (χ0) is 15.2. The van der Waals surface area contributed by atoms with E-state index in [1.54, 1.807) is 31.5 Å². The molecule has 0 saturated carbocycles. The minimum atomic E-state index is -0.325. The highest BCUT2D eigenvalue weighted by atomic mass is 16.5. The maximum Gasteiger partial charge on any atom is 0.275 e. The third kappa shape index (κ3) is 3.68. The normalized spacial score (nSPS) is 10.0. The lowest BCUT2D eigenvalue weighted by molar-refractivity contribution is 0.102. The van der Waals surface area contributed by atoms with Crippen molar-refractivity contribution in [1.29, 1.82) is 0 Å². The molecule has 0 atom stereocenters. The average molecular weight is 287 g/mol. The lowest BCUT2D eigenvalue weighted by atomic mass is 10.2. The lowest BCUT2D eigenvalue weighted by Crippen LogP contribution is -2.14. The molecule has 1 aromatic heterocycles. The van der Waals surface area contributed by atoms with Gasteiger partial charge in [-0.15, -0.1) is 0 Å². The van der Waals surface area contributed by atoms with Gasteiger partial charge in [-0.1, -0.05) is 0 Å². The quantitative estimate of drug-likeness (QED) is 0.914. The van der Waals surface area contributed by atoms with Crippen molar-refractivity contribution in [3.63, 3.8) is 0 Å². The minimum absolute atomic E-state index is 0.258. The Morgan fingerprint density at radius 3 is 2.67 bits per heavy atom. The number of amides is 1. The van der Waals surface area contributed by atoms with Crippen LogP contribution in [0.5, 0.6) is 11.5 Å². The van der Waals surface area contributed by atoms with Crippen LogP contribution in [-0.2, 0) is 0 Å². The summed E-state index contributed by atoms with van der Waals surface area (Å²) in [7, 11) is 1.55. The highest BCUT2D eigenvalue weighted by Crippen LogP contribution is 2.30. The number of hydrogen-bond donors (Lipinski definition) is 1. The highest BCUT2D eigenvalue weighted by Gasteiger charge is 2.10. The summed E-state index contributed by atoms with van der Waals surface area (Å²) >= 11 is 0. The van der Waals surface area contributed by atoms with Gasteiger partial charge in [0.1, 0.15) is 5.69 Å². The standard InChI is InChI=1S/C15H17N3O3/c1-4-21-13-6-5-11(7-14(13)20-3)18-15(19)12-9-16-10(2)8-17-12/h5-9H,4H2,1-3H3,(H,18,19). The molecule has 0 radical (unpaired) electrons. The van der Waals surface area contributed by atoms with Crippen molar-refractivity contribution < 1.29 is 14.3 Å². The van der Waals surface area contributed by atoms with Gasteiger partial charge in [0.05, 0.1) is 25.6 Å². The van der Waals surface area contributed by atoms with E-state index >= 15 is 0 Å². The van der Waals surface area contributed by atoms with E-state index in [1.807, 2.05) is 13.8 Å². The number of rotatable bonds is 5. The van der Waals surface area contributed by atoms with Crippen LogP contribution in [0.15, 0.2) is 30.6 Å². The number of nitrogens with one attached hydrogen (secondary N) is 1. The summed E-state index contributed by atoms with van der Waals surface area (Å²) in [4.78, 5) is 20.1. The van der Waals surface area contributed by atoms with Crippen LogP contribution in [0.4, 0.5) is 5.69 Å². The molecule has 2 rings (SSSR count). The fourth-order valence-electron chi connectivity index (χ4n) is 1.73. The van der Waals surface area contributed by atoms with E-state index in [-0.39, 0.29) is 11.6 Å². The summed E-state index contributed by atoms with van der Waals surface area (Å²) < 4.78 is 10.7. The molecule has 1 heterocycles. The summed E-state index contributed by atoms with van der Waals surface area (Å²) in [6, 6.07) is 5.19. The second-order valence-corrected chi connectivity index (χ2v) is 4.30. The SMILES string of the molecule is CCOc1ccc(NC(=O)c2cnc(C)cn2)cc1OC. The van der Waals surface area contributed by atoms with Gasteiger partial charge in [-0.25, -0.2) is 4.98 Å². The molecular weight excluding hydrogens is 270 g/mol. The fourth-order valence-corrected chi connectivity index (χ4v) is 1.73. The molecule has 0 fully saturated rings. The predicted octanol–water partition coefficient (Wildman–Crippen LogP) is 2.44. The molecular formula is C15H17N3O3. The summed E-state index contributed by atoms with van der Waals surface area (Å²) in [5.41, 5.74) is 1.62. The molecule has 0 spiro atoms. The van der Waals surface area contributed by atoms with Gasteiger partial charge in [0, 0.05) is 18.0 Å². The molecule has 6 heteroatoms. The molecule has 1 amide bonds. The van der Waals surface area contributed by atoms with Crippen LogP contribution in [-0.4, -0.2) is 29.6 Å². The Kier molecular flexibility index (Phi) is 4.71. The van der Waals surface area contributed by atoms with Crippen molar-refractivity contribution in [1.82, 2.24) is 9.97 Å². The van der Waals surface area contributed by atoms with Crippen LogP contribution in [0.1, 0.15) is 23.1 Å². The molecule has 0 saturated heterocycles. The van der Waals surface area contributed by atoms with Gasteiger partial charge in [-0.05, 0) is 26.0 Å². The number of nitrogens with zero attached hydrogens (tertiary/aromatic N) is 2. The Labute approximate surface area is 123 Å². The third-order valence-corrected chi connectivity index (χ3v) is 2.73. The van der Waals surface area contributed by atoms with Crippen LogP contribution in [0.25, 0.3) is 0 Å². The van der Waals surface area contributed by atoms with E-state index in [9.17, 15) is 4.79 Å². The Bertz CT molecular complexity index is 627. The molecule has 0 aliphatic heterocycles. The van der Waals surface area contributed by atoms with E-state index in [0.717, 1.165) is 5.69 Å². The Balaban J connectivity index is 2.15. The number of aromatic nitrogens is 2. The Morgan fingerprint density at radius 1 is 1.24 bits per heavy atom. The van der Waals surface area contributed by atoms with Crippen LogP contribution in [0.3, 0.4) is 0 Å². The first-order chi connectivity index (χ1) is 10.1.